The number of ketones is 1. The third kappa shape index (κ3) is 3.05. The van der Waals surface area contributed by atoms with Crippen molar-refractivity contribution in [1.82, 2.24) is 19.7 Å². The zero-order valence-electron chi connectivity index (χ0n) is 15.6. The van der Waals surface area contributed by atoms with Crippen LogP contribution in [0, 0.1) is 20.8 Å². The highest BCUT2D eigenvalue weighted by Crippen LogP contribution is 2.27. The number of fused-ring (bicyclic) bond motifs is 1. The molecule has 3 heterocycles. The molecule has 3 aromatic rings. The summed E-state index contributed by atoms with van der Waals surface area (Å²) >= 11 is 0. The van der Waals surface area contributed by atoms with Gasteiger partial charge in [0, 0.05) is 23.4 Å². The van der Waals surface area contributed by atoms with Gasteiger partial charge in [0.15, 0.2) is 11.6 Å². The van der Waals surface area contributed by atoms with Crippen LogP contribution in [0.25, 0.3) is 5.82 Å². The first kappa shape index (κ1) is 17.2. The van der Waals surface area contributed by atoms with E-state index in [9.17, 15) is 9.59 Å². The molecule has 138 valence electrons. The topological polar surface area (TPSA) is 92.7 Å². The van der Waals surface area contributed by atoms with E-state index in [-0.39, 0.29) is 11.7 Å². The Balaban J connectivity index is 1.55. The van der Waals surface area contributed by atoms with Gasteiger partial charge < -0.3 is 10.3 Å². The Labute approximate surface area is 156 Å². The Morgan fingerprint density at radius 3 is 2.67 bits per heavy atom. The number of rotatable bonds is 3. The van der Waals surface area contributed by atoms with Crippen LogP contribution >= 0.6 is 0 Å². The van der Waals surface area contributed by atoms with E-state index in [0.717, 1.165) is 35.5 Å². The molecule has 0 bridgehead atoms. The highest BCUT2D eigenvalue weighted by Gasteiger charge is 2.26. The molecule has 27 heavy (non-hydrogen) atoms. The smallest absolute Gasteiger partial charge is 0.272 e. The largest absolute Gasteiger partial charge is 0.354 e. The van der Waals surface area contributed by atoms with Crippen molar-refractivity contribution in [1.29, 1.82) is 0 Å². The lowest BCUT2D eigenvalue weighted by Crippen LogP contribution is -2.14. The van der Waals surface area contributed by atoms with Gasteiger partial charge in [-0.3, -0.25) is 9.59 Å². The number of aromatic nitrogens is 4. The molecular formula is C20H21N5O2. The number of hydrogen-bond acceptors (Lipinski definition) is 4. The number of Topliss-reactive ketones (excluding diaryl/α,β-unsaturated/α-hetero) is 1. The first-order valence-corrected chi connectivity index (χ1v) is 8.99. The van der Waals surface area contributed by atoms with Crippen LogP contribution in [0.4, 0.5) is 5.69 Å². The van der Waals surface area contributed by atoms with Crippen LogP contribution in [0.15, 0.2) is 24.4 Å². The van der Waals surface area contributed by atoms with Crippen molar-refractivity contribution in [3.63, 3.8) is 0 Å². The average molecular weight is 363 g/mol. The number of nitrogens with one attached hydrogen (secondary N) is 2. The molecule has 0 atom stereocenters. The van der Waals surface area contributed by atoms with Gasteiger partial charge in [0.2, 0.25) is 0 Å². The van der Waals surface area contributed by atoms with Crippen molar-refractivity contribution in [2.75, 3.05) is 5.32 Å². The number of hydrogen-bond donors (Lipinski definition) is 2. The summed E-state index contributed by atoms with van der Waals surface area (Å²) in [5.74, 6) is 0.533. The minimum absolute atomic E-state index is 0.111. The van der Waals surface area contributed by atoms with Gasteiger partial charge in [-0.25, -0.2) is 9.67 Å². The highest BCUT2D eigenvalue weighted by molar-refractivity contribution is 6.08. The summed E-state index contributed by atoms with van der Waals surface area (Å²) in [6, 6.07) is 5.58. The second kappa shape index (κ2) is 6.50. The summed E-state index contributed by atoms with van der Waals surface area (Å²) in [7, 11) is 0. The van der Waals surface area contributed by atoms with Crippen molar-refractivity contribution >= 4 is 17.4 Å². The minimum atomic E-state index is -0.268. The standard InChI is InChI=1S/C20H21N5O2/c1-11-9-12(2)25(24-11)17-8-7-14(10-21-17)22-20(27)19-13(3)18-15(23-19)5-4-6-16(18)26/h7-10,23H,4-6H2,1-3H3,(H,22,27). The fourth-order valence-corrected chi connectivity index (χ4v) is 3.64. The van der Waals surface area contributed by atoms with Gasteiger partial charge in [-0.2, -0.15) is 5.10 Å². The Bertz CT molecular complexity index is 1040. The lowest BCUT2D eigenvalue weighted by atomic mass is 9.94. The normalized spacial score (nSPS) is 13.5. The third-order valence-electron chi connectivity index (χ3n) is 4.90. The van der Waals surface area contributed by atoms with Crippen LogP contribution in [0.5, 0.6) is 0 Å². The zero-order chi connectivity index (χ0) is 19.1. The Kier molecular flexibility index (Phi) is 4.14. The molecular weight excluding hydrogens is 342 g/mol. The maximum Gasteiger partial charge on any atom is 0.272 e. The first-order valence-electron chi connectivity index (χ1n) is 8.99. The molecule has 0 aromatic carbocycles. The van der Waals surface area contributed by atoms with E-state index in [2.05, 4.69) is 20.4 Å². The summed E-state index contributed by atoms with van der Waals surface area (Å²) in [5.41, 5.74) is 5.22. The molecule has 0 saturated heterocycles. The van der Waals surface area contributed by atoms with Gasteiger partial charge >= 0.3 is 0 Å². The van der Waals surface area contributed by atoms with E-state index in [1.807, 2.05) is 32.9 Å². The van der Waals surface area contributed by atoms with Crippen molar-refractivity contribution < 1.29 is 9.59 Å². The van der Waals surface area contributed by atoms with E-state index >= 15 is 0 Å². The van der Waals surface area contributed by atoms with Gasteiger partial charge in [-0.15, -0.1) is 0 Å². The number of aryl methyl sites for hydroxylation is 3. The van der Waals surface area contributed by atoms with Crippen molar-refractivity contribution in [2.24, 2.45) is 0 Å². The summed E-state index contributed by atoms with van der Waals surface area (Å²) in [4.78, 5) is 32.3. The lowest BCUT2D eigenvalue weighted by molar-refractivity contribution is 0.0971. The van der Waals surface area contributed by atoms with Gasteiger partial charge in [-0.1, -0.05) is 0 Å². The van der Waals surface area contributed by atoms with Crippen LogP contribution in [0.1, 0.15) is 56.3 Å². The summed E-state index contributed by atoms with van der Waals surface area (Å²) < 4.78 is 1.76. The monoisotopic (exact) mass is 363 g/mol. The molecule has 0 spiro atoms. The molecule has 2 N–H and O–H groups in total. The van der Waals surface area contributed by atoms with Gasteiger partial charge in [0.05, 0.1) is 17.6 Å². The number of anilines is 1. The van der Waals surface area contributed by atoms with Crippen LogP contribution in [-0.4, -0.2) is 31.4 Å². The third-order valence-corrected chi connectivity index (χ3v) is 4.90. The van der Waals surface area contributed by atoms with E-state index in [1.165, 1.54) is 0 Å². The van der Waals surface area contributed by atoms with Gasteiger partial charge in [0.25, 0.3) is 5.91 Å². The molecule has 7 nitrogen and oxygen atoms in total. The fourth-order valence-electron chi connectivity index (χ4n) is 3.64. The second-order valence-corrected chi connectivity index (χ2v) is 6.95. The first-order chi connectivity index (χ1) is 12.9. The molecule has 4 rings (SSSR count). The average Bonchev–Trinajstić information content (AvgIpc) is 3.15. The molecule has 0 aliphatic heterocycles. The molecule has 0 radical (unpaired) electrons. The van der Waals surface area contributed by atoms with Crippen molar-refractivity contribution in [3.8, 4) is 5.82 Å². The highest BCUT2D eigenvalue weighted by atomic mass is 16.2. The molecule has 0 fully saturated rings. The van der Waals surface area contributed by atoms with Gasteiger partial charge in [0.1, 0.15) is 5.69 Å². The maximum atomic E-state index is 12.7. The van der Waals surface area contributed by atoms with Crippen LogP contribution < -0.4 is 5.32 Å². The van der Waals surface area contributed by atoms with Crippen LogP contribution in [0.3, 0.4) is 0 Å². The summed E-state index contributed by atoms with van der Waals surface area (Å²) in [6.07, 6.45) is 3.77. The molecule has 1 aliphatic rings. The van der Waals surface area contributed by atoms with E-state index in [4.69, 9.17) is 0 Å². The minimum Gasteiger partial charge on any atom is -0.354 e. The lowest BCUT2D eigenvalue weighted by Gasteiger charge is -2.09. The fraction of sp³-hybridized carbons (Fsp3) is 0.300. The van der Waals surface area contributed by atoms with E-state index < -0.39 is 0 Å². The molecule has 7 heteroatoms. The SMILES string of the molecule is Cc1cc(C)n(-c2ccc(NC(=O)c3[nH]c4c(c3C)C(=O)CCC4)cn2)n1. The number of amides is 1. The van der Waals surface area contributed by atoms with E-state index in [1.54, 1.807) is 16.9 Å². The maximum absolute atomic E-state index is 12.7. The number of H-pyrrole nitrogens is 1. The van der Waals surface area contributed by atoms with Crippen LogP contribution in [0.2, 0.25) is 0 Å². The summed E-state index contributed by atoms with van der Waals surface area (Å²) in [5, 5.41) is 7.25. The molecule has 3 aromatic heterocycles. The predicted octanol–water partition coefficient (Wildman–Crippen LogP) is 3.29. The number of carbonyl (C=O) groups excluding carboxylic acids is 2. The molecule has 0 unspecified atom stereocenters. The number of carbonyl (C=O) groups is 2. The Morgan fingerprint density at radius 2 is 2.04 bits per heavy atom. The van der Waals surface area contributed by atoms with E-state index in [0.29, 0.717) is 29.2 Å². The quantitative estimate of drug-likeness (QED) is 0.747. The van der Waals surface area contributed by atoms with Crippen molar-refractivity contribution in [2.45, 2.75) is 40.0 Å². The molecule has 1 aliphatic carbocycles. The Morgan fingerprint density at radius 1 is 1.22 bits per heavy atom. The number of aromatic amines is 1. The predicted molar refractivity (Wildman–Crippen MR) is 102 cm³/mol. The number of pyridine rings is 1. The number of nitrogens with zero attached hydrogens (tertiary/aromatic N) is 3. The Hall–Kier alpha value is -3.22. The second-order valence-electron chi connectivity index (χ2n) is 6.95. The molecule has 1 amide bonds. The van der Waals surface area contributed by atoms with Gasteiger partial charge in [-0.05, 0) is 57.4 Å². The van der Waals surface area contributed by atoms with Crippen LogP contribution in [-0.2, 0) is 6.42 Å². The molecule has 0 saturated carbocycles. The zero-order valence-corrected chi connectivity index (χ0v) is 15.6. The van der Waals surface area contributed by atoms with Crippen molar-refractivity contribution in [3.05, 3.63) is 58.3 Å². The summed E-state index contributed by atoms with van der Waals surface area (Å²) in [6.45, 7) is 5.72.